The molecule has 2 amide bonds. The highest BCUT2D eigenvalue weighted by Crippen LogP contribution is 2.20. The summed E-state index contributed by atoms with van der Waals surface area (Å²) in [6, 6.07) is 3.68. The Morgan fingerprint density at radius 3 is 2.63 bits per heavy atom. The van der Waals surface area contributed by atoms with Crippen molar-refractivity contribution in [3.63, 3.8) is 0 Å². The van der Waals surface area contributed by atoms with Crippen LogP contribution in [0.1, 0.15) is 17.3 Å². The van der Waals surface area contributed by atoms with Crippen molar-refractivity contribution >= 4 is 23.2 Å². The molecule has 4 N–H and O–H groups in total. The van der Waals surface area contributed by atoms with E-state index >= 15 is 0 Å². The molecule has 0 saturated heterocycles. The van der Waals surface area contributed by atoms with Gasteiger partial charge >= 0.3 is 0 Å². The summed E-state index contributed by atoms with van der Waals surface area (Å²) in [6.07, 6.45) is 0. The van der Waals surface area contributed by atoms with Gasteiger partial charge in [-0.3, -0.25) is 19.7 Å². The first kappa shape index (κ1) is 14.4. The smallest absolute Gasteiger partial charge is 0.282 e. The average Bonchev–Trinajstić information content (AvgIpc) is 2.35. The molecular weight excluding hydrogens is 252 g/mol. The van der Waals surface area contributed by atoms with E-state index in [9.17, 15) is 19.7 Å². The van der Waals surface area contributed by atoms with E-state index in [0.29, 0.717) is 6.54 Å². The van der Waals surface area contributed by atoms with E-state index in [-0.39, 0.29) is 29.4 Å². The van der Waals surface area contributed by atoms with Gasteiger partial charge in [0.05, 0.1) is 11.5 Å². The fraction of sp³-hybridized carbons (Fsp3) is 0.273. The van der Waals surface area contributed by atoms with Crippen molar-refractivity contribution < 1.29 is 14.5 Å². The van der Waals surface area contributed by atoms with E-state index in [1.165, 1.54) is 12.1 Å². The molecule has 0 radical (unpaired) electrons. The van der Waals surface area contributed by atoms with Crippen molar-refractivity contribution in [2.75, 3.05) is 18.8 Å². The number of carbonyl (C=O) groups is 2. The maximum absolute atomic E-state index is 11.8. The number of likely N-dealkylation sites (N-methyl/N-ethyl adjacent to an activating group) is 1. The standard InChI is InChI=1S/C11H14N4O4/c1-2-13-10(16)6-14-11(17)8-5-7(12)3-4-9(8)15(18)19/h3-5H,2,6,12H2,1H3,(H,13,16)(H,14,17). The monoisotopic (exact) mass is 266 g/mol. The molecule has 0 atom stereocenters. The maximum atomic E-state index is 11.8. The molecule has 0 heterocycles. The fourth-order valence-electron chi connectivity index (χ4n) is 1.41. The number of nitrogens with zero attached hydrogens (tertiary/aromatic N) is 1. The van der Waals surface area contributed by atoms with Crippen LogP contribution < -0.4 is 16.4 Å². The van der Waals surface area contributed by atoms with Gasteiger partial charge in [0.25, 0.3) is 11.6 Å². The zero-order valence-corrected chi connectivity index (χ0v) is 10.3. The Kier molecular flexibility index (Phi) is 4.81. The van der Waals surface area contributed by atoms with Crippen LogP contribution in [0, 0.1) is 10.1 Å². The number of nitrogen functional groups attached to an aromatic ring is 1. The third-order valence-corrected chi connectivity index (χ3v) is 2.25. The summed E-state index contributed by atoms with van der Waals surface area (Å²) in [7, 11) is 0. The molecule has 0 unspecified atom stereocenters. The van der Waals surface area contributed by atoms with Gasteiger partial charge in [-0.15, -0.1) is 0 Å². The third kappa shape index (κ3) is 3.95. The normalized spacial score (nSPS) is 9.74. The van der Waals surface area contributed by atoms with E-state index < -0.39 is 10.8 Å². The zero-order valence-electron chi connectivity index (χ0n) is 10.3. The van der Waals surface area contributed by atoms with Crippen LogP contribution in [0.25, 0.3) is 0 Å². The second-order valence-electron chi connectivity index (χ2n) is 3.67. The van der Waals surface area contributed by atoms with Gasteiger partial charge in [-0.05, 0) is 19.1 Å². The lowest BCUT2D eigenvalue weighted by Gasteiger charge is -2.06. The molecule has 0 bridgehead atoms. The molecular formula is C11H14N4O4. The Bertz CT molecular complexity index is 515. The summed E-state index contributed by atoms with van der Waals surface area (Å²) in [4.78, 5) is 33.1. The molecule has 8 heteroatoms. The van der Waals surface area contributed by atoms with Gasteiger partial charge in [-0.1, -0.05) is 0 Å². The Labute approximate surface area is 109 Å². The molecule has 0 spiro atoms. The topological polar surface area (TPSA) is 127 Å². The molecule has 0 aliphatic heterocycles. The summed E-state index contributed by atoms with van der Waals surface area (Å²) < 4.78 is 0. The van der Waals surface area contributed by atoms with Crippen molar-refractivity contribution in [1.29, 1.82) is 0 Å². The van der Waals surface area contributed by atoms with E-state index in [1.54, 1.807) is 6.92 Å². The minimum Gasteiger partial charge on any atom is -0.399 e. The van der Waals surface area contributed by atoms with Crippen LogP contribution in [0.2, 0.25) is 0 Å². The number of hydrogen-bond acceptors (Lipinski definition) is 5. The zero-order chi connectivity index (χ0) is 14.4. The minimum absolute atomic E-state index is 0.172. The lowest BCUT2D eigenvalue weighted by Crippen LogP contribution is -2.36. The first-order valence-corrected chi connectivity index (χ1v) is 5.54. The number of hydrogen-bond donors (Lipinski definition) is 3. The molecule has 0 aliphatic rings. The summed E-state index contributed by atoms with van der Waals surface area (Å²) in [5.74, 6) is -1.09. The van der Waals surface area contributed by atoms with Crippen LogP contribution in [0.5, 0.6) is 0 Å². The minimum atomic E-state index is -0.717. The van der Waals surface area contributed by atoms with Crippen molar-refractivity contribution in [2.45, 2.75) is 6.92 Å². The summed E-state index contributed by atoms with van der Waals surface area (Å²) in [5.41, 5.74) is 5.19. The highest BCUT2D eigenvalue weighted by molar-refractivity contribution is 6.00. The van der Waals surface area contributed by atoms with Gasteiger partial charge in [-0.2, -0.15) is 0 Å². The molecule has 0 aromatic heterocycles. The van der Waals surface area contributed by atoms with Crippen molar-refractivity contribution in [3.8, 4) is 0 Å². The summed E-state index contributed by atoms with van der Waals surface area (Å²) >= 11 is 0. The van der Waals surface area contributed by atoms with Gasteiger partial charge in [0, 0.05) is 18.3 Å². The number of nitro groups is 1. The molecule has 1 aromatic carbocycles. The van der Waals surface area contributed by atoms with Gasteiger partial charge in [0.2, 0.25) is 5.91 Å². The average molecular weight is 266 g/mol. The maximum Gasteiger partial charge on any atom is 0.282 e. The Morgan fingerprint density at radius 2 is 2.05 bits per heavy atom. The second kappa shape index (κ2) is 6.34. The number of carbonyl (C=O) groups excluding carboxylic acids is 2. The Hall–Kier alpha value is -2.64. The van der Waals surface area contributed by atoms with E-state index in [1.807, 2.05) is 0 Å². The van der Waals surface area contributed by atoms with Crippen molar-refractivity contribution in [2.24, 2.45) is 0 Å². The number of nitrogens with two attached hydrogens (primary N) is 1. The molecule has 8 nitrogen and oxygen atoms in total. The second-order valence-corrected chi connectivity index (χ2v) is 3.67. The van der Waals surface area contributed by atoms with Crippen LogP contribution in [0.4, 0.5) is 11.4 Å². The lowest BCUT2D eigenvalue weighted by molar-refractivity contribution is -0.385. The van der Waals surface area contributed by atoms with Gasteiger partial charge in [0.1, 0.15) is 5.56 Å². The quantitative estimate of drug-likeness (QED) is 0.394. The van der Waals surface area contributed by atoms with Crippen LogP contribution in [0.15, 0.2) is 18.2 Å². The number of anilines is 1. The SMILES string of the molecule is CCNC(=O)CNC(=O)c1cc(N)ccc1[N+](=O)[O-]. The first-order valence-electron chi connectivity index (χ1n) is 5.54. The molecule has 1 rings (SSSR count). The van der Waals surface area contributed by atoms with Crippen LogP contribution >= 0.6 is 0 Å². The van der Waals surface area contributed by atoms with Gasteiger partial charge < -0.3 is 16.4 Å². The highest BCUT2D eigenvalue weighted by atomic mass is 16.6. The lowest BCUT2D eigenvalue weighted by atomic mass is 10.1. The third-order valence-electron chi connectivity index (χ3n) is 2.25. The number of rotatable bonds is 5. The number of amides is 2. The van der Waals surface area contributed by atoms with Crippen molar-refractivity contribution in [3.05, 3.63) is 33.9 Å². The van der Waals surface area contributed by atoms with E-state index in [4.69, 9.17) is 5.73 Å². The predicted molar refractivity (Wildman–Crippen MR) is 68.5 cm³/mol. The predicted octanol–water partition coefficient (Wildman–Crippen LogP) is 0.0429. The van der Waals surface area contributed by atoms with E-state index in [0.717, 1.165) is 6.07 Å². The first-order chi connectivity index (χ1) is 8.95. The molecule has 1 aromatic rings. The summed E-state index contributed by atoms with van der Waals surface area (Å²) in [5, 5.41) is 15.6. The summed E-state index contributed by atoms with van der Waals surface area (Å²) in [6.45, 7) is 1.92. The van der Waals surface area contributed by atoms with Crippen LogP contribution in [-0.2, 0) is 4.79 Å². The van der Waals surface area contributed by atoms with Gasteiger partial charge in [-0.25, -0.2) is 0 Å². The molecule has 0 aliphatic carbocycles. The fourth-order valence-corrected chi connectivity index (χ4v) is 1.41. The largest absolute Gasteiger partial charge is 0.399 e. The molecule has 0 fully saturated rings. The van der Waals surface area contributed by atoms with Gasteiger partial charge in [0.15, 0.2) is 0 Å². The van der Waals surface area contributed by atoms with E-state index in [2.05, 4.69) is 10.6 Å². The Morgan fingerprint density at radius 1 is 1.37 bits per heavy atom. The molecule has 0 saturated carbocycles. The number of benzene rings is 1. The number of nitro benzene ring substituents is 1. The number of nitrogens with one attached hydrogen (secondary N) is 2. The van der Waals surface area contributed by atoms with Crippen LogP contribution in [-0.4, -0.2) is 29.8 Å². The highest BCUT2D eigenvalue weighted by Gasteiger charge is 2.20. The van der Waals surface area contributed by atoms with Crippen molar-refractivity contribution in [1.82, 2.24) is 10.6 Å². The molecule has 102 valence electrons. The molecule has 19 heavy (non-hydrogen) atoms. The van der Waals surface area contributed by atoms with Crippen LogP contribution in [0.3, 0.4) is 0 Å². The Balaban J connectivity index is 2.84.